The van der Waals surface area contributed by atoms with Gasteiger partial charge in [-0.2, -0.15) is 10.2 Å². The largest absolute Gasteiger partial charge is 0.395 e. The number of aliphatic hydroxyl groups is 1. The average molecular weight is 636 g/mol. The Morgan fingerprint density at radius 2 is 2.00 bits per heavy atom. The minimum atomic E-state index is -0.814. The predicted molar refractivity (Wildman–Crippen MR) is 172 cm³/mol. The van der Waals surface area contributed by atoms with E-state index in [1.165, 1.54) is 19.2 Å². The van der Waals surface area contributed by atoms with Gasteiger partial charge >= 0.3 is 6.03 Å². The van der Waals surface area contributed by atoms with Crippen LogP contribution in [-0.4, -0.2) is 82.1 Å². The molecule has 0 aliphatic carbocycles. The minimum absolute atomic E-state index is 0.0275. The van der Waals surface area contributed by atoms with Gasteiger partial charge in [0.1, 0.15) is 10.7 Å². The lowest BCUT2D eigenvalue weighted by molar-refractivity contribution is 0.0649. The quantitative estimate of drug-likeness (QED) is 0.252. The van der Waals surface area contributed by atoms with Gasteiger partial charge in [0, 0.05) is 39.5 Å². The highest BCUT2D eigenvalue weighted by atomic mass is 35.5. The molecule has 44 heavy (non-hydrogen) atoms. The van der Waals surface area contributed by atoms with Gasteiger partial charge in [-0.1, -0.05) is 43.7 Å². The number of aryl methyl sites for hydroxylation is 1. The first-order valence-electron chi connectivity index (χ1n) is 14.5. The maximum Gasteiger partial charge on any atom is 0.320 e. The van der Waals surface area contributed by atoms with Gasteiger partial charge in [-0.3, -0.25) is 14.9 Å². The molecule has 13 heteroatoms. The van der Waals surface area contributed by atoms with E-state index in [0.29, 0.717) is 23.1 Å². The van der Waals surface area contributed by atoms with E-state index >= 15 is 0 Å². The van der Waals surface area contributed by atoms with Crippen molar-refractivity contribution in [3.63, 3.8) is 0 Å². The first kappa shape index (κ1) is 36.6. The molecule has 1 aliphatic rings. The number of carbonyl (C=O) groups excluding carboxylic acids is 1. The van der Waals surface area contributed by atoms with Crippen molar-refractivity contribution < 1.29 is 23.4 Å². The molecule has 3 N–H and O–H groups in total. The molecule has 4 rings (SSSR count). The molecule has 0 spiro atoms. The number of anilines is 1. The summed E-state index contributed by atoms with van der Waals surface area (Å²) in [6.07, 6.45) is 10.0. The molecule has 2 amide bonds. The second-order valence-corrected chi connectivity index (χ2v) is 10.1. The standard InChI is InChI=1S/C15H19ClN6O.C14H19F2NO2.C2H6/c1-5-7-11(6-2)22-14(19-15(23)17-3)12(16)13(20-22)10-8-18-21(4)9-10;1-19-9-12(8-18)17-5-4-11(7-17)10-2-3-13(15)14(16)6-10;1-2/h5-9H,1-4H3,(H2,17,19,23);2-3,6,11-12,18H,4-5,7-9H2,1H3;1-2H3/b7-5-,11-6+;;. The molecule has 3 heterocycles. The minimum Gasteiger partial charge on any atom is -0.395 e. The molecule has 1 saturated heterocycles. The maximum atomic E-state index is 13.2. The van der Waals surface area contributed by atoms with E-state index in [9.17, 15) is 18.7 Å². The summed E-state index contributed by atoms with van der Waals surface area (Å²) in [7, 11) is 4.95. The number of hydrogen-bond donors (Lipinski definition) is 3. The summed E-state index contributed by atoms with van der Waals surface area (Å²) in [6, 6.07) is 3.68. The summed E-state index contributed by atoms with van der Waals surface area (Å²) < 4.78 is 34.5. The van der Waals surface area contributed by atoms with Crippen molar-refractivity contribution in [2.45, 2.75) is 46.1 Å². The molecule has 2 atom stereocenters. The maximum absolute atomic E-state index is 13.2. The first-order chi connectivity index (χ1) is 21.2. The summed E-state index contributed by atoms with van der Waals surface area (Å²) in [4.78, 5) is 13.9. The third kappa shape index (κ3) is 9.46. The summed E-state index contributed by atoms with van der Waals surface area (Å²) >= 11 is 6.46. The van der Waals surface area contributed by atoms with Crippen LogP contribution in [0.2, 0.25) is 5.02 Å². The highest BCUT2D eigenvalue weighted by Crippen LogP contribution is 2.35. The molecule has 10 nitrogen and oxygen atoms in total. The van der Waals surface area contributed by atoms with Gasteiger partial charge in [0.2, 0.25) is 0 Å². The SMILES string of the molecule is C/C=C\C(=C/C)n1nc(-c2cnn(C)c2)c(Cl)c1NC(=O)NC.CC.COCC(CO)N1CCC(c2ccc(F)c(F)c2)C1. The Bertz CT molecular complexity index is 1410. The third-order valence-corrected chi connectivity index (χ3v) is 7.22. The van der Waals surface area contributed by atoms with E-state index in [-0.39, 0.29) is 24.6 Å². The highest BCUT2D eigenvalue weighted by Gasteiger charge is 2.29. The Balaban J connectivity index is 0.000000295. The zero-order valence-electron chi connectivity index (χ0n) is 26.4. The normalized spacial score (nSPS) is 15.8. The fraction of sp³-hybridized carbons (Fsp3) is 0.452. The number of ether oxygens (including phenoxy) is 1. The van der Waals surface area contributed by atoms with Crippen LogP contribution < -0.4 is 10.6 Å². The number of benzene rings is 1. The number of hydrogen-bond acceptors (Lipinski definition) is 6. The van der Waals surface area contributed by atoms with Crippen molar-refractivity contribution in [1.29, 1.82) is 0 Å². The molecular weight excluding hydrogens is 592 g/mol. The number of halogens is 3. The zero-order chi connectivity index (χ0) is 32.8. The van der Waals surface area contributed by atoms with Crippen LogP contribution in [0.15, 0.2) is 48.8 Å². The van der Waals surface area contributed by atoms with Crippen molar-refractivity contribution in [3.05, 3.63) is 71.0 Å². The molecule has 2 unspecified atom stereocenters. The fourth-order valence-electron chi connectivity index (χ4n) is 4.67. The molecule has 2 aromatic heterocycles. The van der Waals surface area contributed by atoms with Crippen LogP contribution in [0.4, 0.5) is 19.4 Å². The Morgan fingerprint density at radius 3 is 2.55 bits per heavy atom. The number of likely N-dealkylation sites (tertiary alicyclic amines) is 1. The molecule has 1 aromatic carbocycles. The van der Waals surface area contributed by atoms with Gasteiger partial charge in [-0.05, 0) is 56.5 Å². The smallest absolute Gasteiger partial charge is 0.320 e. The number of urea groups is 1. The number of carbonyl (C=O) groups is 1. The van der Waals surface area contributed by atoms with Crippen LogP contribution in [0, 0.1) is 11.6 Å². The summed E-state index contributed by atoms with van der Waals surface area (Å²) in [6.45, 7) is 9.87. The Labute approximate surface area is 263 Å². The van der Waals surface area contributed by atoms with Gasteiger partial charge in [-0.25, -0.2) is 18.3 Å². The lowest BCUT2D eigenvalue weighted by Gasteiger charge is -2.25. The second kappa shape index (κ2) is 18.3. The lowest BCUT2D eigenvalue weighted by atomic mass is 9.98. The molecule has 1 aliphatic heterocycles. The molecule has 3 aromatic rings. The average Bonchev–Trinajstić information content (AvgIpc) is 3.77. The van der Waals surface area contributed by atoms with Crippen LogP contribution in [0.1, 0.15) is 45.6 Å². The van der Waals surface area contributed by atoms with Crippen molar-refractivity contribution in [1.82, 2.24) is 29.8 Å². The van der Waals surface area contributed by atoms with Gasteiger partial charge in [-0.15, -0.1) is 0 Å². The molecule has 0 radical (unpaired) electrons. The van der Waals surface area contributed by atoms with Crippen molar-refractivity contribution in [2.24, 2.45) is 7.05 Å². The lowest BCUT2D eigenvalue weighted by Crippen LogP contribution is -2.39. The van der Waals surface area contributed by atoms with Crippen molar-refractivity contribution in [3.8, 4) is 11.3 Å². The van der Waals surface area contributed by atoms with E-state index in [1.54, 1.807) is 28.7 Å². The first-order valence-corrected chi connectivity index (χ1v) is 14.9. The Kier molecular flexibility index (Phi) is 15.2. The summed E-state index contributed by atoms with van der Waals surface area (Å²) in [5.41, 5.74) is 2.92. The van der Waals surface area contributed by atoms with Gasteiger partial charge in [0.25, 0.3) is 0 Å². The van der Waals surface area contributed by atoms with Crippen LogP contribution in [0.5, 0.6) is 0 Å². The Hall–Kier alpha value is -3.58. The van der Waals surface area contributed by atoms with E-state index in [4.69, 9.17) is 16.3 Å². The molecule has 0 saturated carbocycles. The zero-order valence-corrected chi connectivity index (χ0v) is 27.2. The molecule has 0 bridgehead atoms. The number of nitrogens with one attached hydrogen (secondary N) is 2. The number of aromatic nitrogens is 4. The number of allylic oxidation sites excluding steroid dienone is 4. The van der Waals surface area contributed by atoms with Crippen LogP contribution in [-0.2, 0) is 11.8 Å². The summed E-state index contributed by atoms with van der Waals surface area (Å²) in [5, 5.41) is 23.6. The Morgan fingerprint density at radius 1 is 1.27 bits per heavy atom. The van der Waals surface area contributed by atoms with Gasteiger partial charge in [0.15, 0.2) is 17.5 Å². The monoisotopic (exact) mass is 635 g/mol. The molecular formula is C31H44ClF2N7O3. The van der Waals surface area contributed by atoms with Gasteiger partial charge < -0.3 is 15.2 Å². The number of aliphatic hydroxyl groups excluding tert-OH is 1. The third-order valence-electron chi connectivity index (χ3n) is 6.86. The van der Waals surface area contributed by atoms with E-state index in [2.05, 4.69) is 25.7 Å². The number of rotatable bonds is 9. The number of amides is 2. The van der Waals surface area contributed by atoms with Crippen LogP contribution >= 0.6 is 11.6 Å². The highest BCUT2D eigenvalue weighted by molar-refractivity contribution is 6.36. The predicted octanol–water partition coefficient (Wildman–Crippen LogP) is 5.91. The second-order valence-electron chi connectivity index (χ2n) is 9.69. The topological polar surface area (TPSA) is 109 Å². The number of methoxy groups -OCH3 is 1. The fourth-order valence-corrected chi connectivity index (χ4v) is 4.95. The van der Waals surface area contributed by atoms with Crippen LogP contribution in [0.25, 0.3) is 17.0 Å². The molecule has 1 fully saturated rings. The summed E-state index contributed by atoms with van der Waals surface area (Å²) in [5.74, 6) is -1.03. The number of nitrogens with zero attached hydrogens (tertiary/aromatic N) is 5. The van der Waals surface area contributed by atoms with E-state index in [0.717, 1.165) is 36.3 Å². The van der Waals surface area contributed by atoms with Crippen LogP contribution in [0.3, 0.4) is 0 Å². The van der Waals surface area contributed by atoms with E-state index < -0.39 is 11.6 Å². The van der Waals surface area contributed by atoms with E-state index in [1.807, 2.05) is 59.2 Å². The van der Waals surface area contributed by atoms with Crippen molar-refractivity contribution >= 4 is 29.1 Å². The molecule has 242 valence electrons. The van der Waals surface area contributed by atoms with Gasteiger partial charge in [0.05, 0.1) is 31.1 Å². The van der Waals surface area contributed by atoms with Crippen molar-refractivity contribution in [2.75, 3.05) is 45.8 Å².